The van der Waals surface area contributed by atoms with Crippen LogP contribution in [0.1, 0.15) is 39.4 Å². The van der Waals surface area contributed by atoms with Gasteiger partial charge in [0, 0.05) is 43.3 Å². The van der Waals surface area contributed by atoms with Crippen LogP contribution in [0.2, 0.25) is 0 Å². The fourth-order valence-corrected chi connectivity index (χ4v) is 4.64. The highest BCUT2D eigenvalue weighted by Gasteiger charge is 2.44. The second-order valence-corrected chi connectivity index (χ2v) is 8.11. The maximum absolute atomic E-state index is 13.1. The standard InChI is InChI=1S/C22H22N6O2/c1-13-9-26-19(10-25-13)21(29)27-20-15-2-3-16(20)12-28(11-15)22(30)14-4-5-17-18(8-14)24-7-6-23-17/h4-10,15-16,20H,2-3,11-12H2,1H3,(H,27,29). The Balaban J connectivity index is 1.29. The van der Waals surface area contributed by atoms with Gasteiger partial charge in [-0.1, -0.05) is 0 Å². The summed E-state index contributed by atoms with van der Waals surface area (Å²) in [4.78, 5) is 44.5. The highest BCUT2D eigenvalue weighted by Crippen LogP contribution is 2.37. The molecule has 2 atom stereocenters. The molecule has 2 unspecified atom stereocenters. The first-order valence-electron chi connectivity index (χ1n) is 10.2. The average molecular weight is 402 g/mol. The van der Waals surface area contributed by atoms with Gasteiger partial charge in [-0.2, -0.15) is 0 Å². The number of nitrogens with zero attached hydrogens (tertiary/aromatic N) is 5. The van der Waals surface area contributed by atoms with E-state index in [4.69, 9.17) is 0 Å². The van der Waals surface area contributed by atoms with Gasteiger partial charge in [-0.15, -0.1) is 0 Å². The molecule has 3 aromatic rings. The Bertz CT molecular complexity index is 1100. The van der Waals surface area contributed by atoms with Gasteiger partial charge in [0.05, 0.1) is 22.9 Å². The molecule has 2 aromatic heterocycles. The number of benzene rings is 1. The molecular formula is C22H22N6O2. The van der Waals surface area contributed by atoms with Gasteiger partial charge >= 0.3 is 0 Å². The average Bonchev–Trinajstić information content (AvgIpc) is 2.99. The van der Waals surface area contributed by atoms with E-state index in [1.807, 2.05) is 24.0 Å². The molecule has 30 heavy (non-hydrogen) atoms. The Morgan fingerprint density at radius 1 is 0.967 bits per heavy atom. The molecule has 2 aliphatic rings. The Kier molecular flexibility index (Phi) is 4.61. The molecule has 0 spiro atoms. The highest BCUT2D eigenvalue weighted by molar-refractivity contribution is 5.97. The normalized spacial score (nSPS) is 22.8. The molecule has 1 saturated heterocycles. The number of likely N-dealkylation sites (tertiary alicyclic amines) is 1. The second-order valence-electron chi connectivity index (χ2n) is 8.11. The largest absolute Gasteiger partial charge is 0.347 e. The zero-order chi connectivity index (χ0) is 20.7. The quantitative estimate of drug-likeness (QED) is 0.719. The number of piperidine rings is 1. The van der Waals surface area contributed by atoms with Crippen LogP contribution in [0, 0.1) is 18.8 Å². The zero-order valence-electron chi connectivity index (χ0n) is 16.7. The third kappa shape index (κ3) is 3.38. The molecule has 152 valence electrons. The van der Waals surface area contributed by atoms with E-state index >= 15 is 0 Å². The number of aromatic nitrogens is 4. The Labute approximate surface area is 173 Å². The number of carbonyl (C=O) groups excluding carboxylic acids is 2. The van der Waals surface area contributed by atoms with Crippen molar-refractivity contribution in [1.29, 1.82) is 0 Å². The van der Waals surface area contributed by atoms with Gasteiger partial charge in [-0.3, -0.25) is 24.5 Å². The third-order valence-corrected chi connectivity index (χ3v) is 6.15. The number of hydrogen-bond donors (Lipinski definition) is 1. The summed E-state index contributed by atoms with van der Waals surface area (Å²) in [7, 11) is 0. The van der Waals surface area contributed by atoms with Crippen molar-refractivity contribution in [3.8, 4) is 0 Å². The number of carbonyl (C=O) groups is 2. The summed E-state index contributed by atoms with van der Waals surface area (Å²) in [6.07, 6.45) is 8.38. The van der Waals surface area contributed by atoms with Crippen LogP contribution in [0.25, 0.3) is 11.0 Å². The summed E-state index contributed by atoms with van der Waals surface area (Å²) in [5.41, 5.74) is 3.22. The van der Waals surface area contributed by atoms with Gasteiger partial charge in [0.25, 0.3) is 11.8 Å². The summed E-state index contributed by atoms with van der Waals surface area (Å²) in [5.74, 6) is 0.302. The van der Waals surface area contributed by atoms with Crippen molar-refractivity contribution in [2.24, 2.45) is 11.8 Å². The Hall–Kier alpha value is -3.42. The summed E-state index contributed by atoms with van der Waals surface area (Å²) in [6, 6.07) is 5.51. The molecule has 2 fully saturated rings. The van der Waals surface area contributed by atoms with Crippen molar-refractivity contribution in [1.82, 2.24) is 30.2 Å². The molecule has 0 radical (unpaired) electrons. The fourth-order valence-electron chi connectivity index (χ4n) is 4.64. The topological polar surface area (TPSA) is 101 Å². The van der Waals surface area contributed by atoms with Crippen molar-refractivity contribution in [3.63, 3.8) is 0 Å². The molecule has 2 amide bonds. The van der Waals surface area contributed by atoms with Gasteiger partial charge in [0.15, 0.2) is 0 Å². The van der Waals surface area contributed by atoms with Crippen LogP contribution in [0.5, 0.6) is 0 Å². The maximum Gasteiger partial charge on any atom is 0.271 e. The number of aryl methyl sites for hydroxylation is 1. The number of nitrogens with one attached hydrogen (secondary N) is 1. The van der Waals surface area contributed by atoms with Crippen molar-refractivity contribution in [3.05, 3.63) is 59.9 Å². The lowest BCUT2D eigenvalue weighted by Gasteiger charge is -2.38. The Morgan fingerprint density at radius 2 is 1.70 bits per heavy atom. The van der Waals surface area contributed by atoms with E-state index in [0.29, 0.717) is 29.9 Å². The second kappa shape index (κ2) is 7.44. The molecule has 1 saturated carbocycles. The van der Waals surface area contributed by atoms with Crippen molar-refractivity contribution < 1.29 is 9.59 Å². The van der Waals surface area contributed by atoms with Crippen LogP contribution in [0.3, 0.4) is 0 Å². The zero-order valence-corrected chi connectivity index (χ0v) is 16.7. The lowest BCUT2D eigenvalue weighted by molar-refractivity contribution is 0.0597. The SMILES string of the molecule is Cc1cnc(C(=O)NC2C3CCC2CN(C(=O)c2ccc4nccnc4c2)C3)cn1. The third-order valence-electron chi connectivity index (χ3n) is 6.15. The van der Waals surface area contributed by atoms with Gasteiger partial charge in [0.1, 0.15) is 5.69 Å². The molecule has 1 N–H and O–H groups in total. The number of amides is 2. The van der Waals surface area contributed by atoms with Gasteiger partial charge in [-0.25, -0.2) is 4.98 Å². The molecular weight excluding hydrogens is 380 g/mol. The van der Waals surface area contributed by atoms with E-state index in [-0.39, 0.29) is 29.7 Å². The van der Waals surface area contributed by atoms with E-state index in [1.165, 1.54) is 6.20 Å². The van der Waals surface area contributed by atoms with E-state index < -0.39 is 0 Å². The van der Waals surface area contributed by atoms with Crippen LogP contribution in [0.4, 0.5) is 0 Å². The molecule has 5 rings (SSSR count). The van der Waals surface area contributed by atoms with Crippen LogP contribution >= 0.6 is 0 Å². The van der Waals surface area contributed by atoms with E-state index in [1.54, 1.807) is 24.7 Å². The molecule has 1 aliphatic carbocycles. The smallest absolute Gasteiger partial charge is 0.271 e. The summed E-state index contributed by atoms with van der Waals surface area (Å²) < 4.78 is 0. The minimum atomic E-state index is -0.197. The molecule has 3 heterocycles. The van der Waals surface area contributed by atoms with E-state index in [9.17, 15) is 9.59 Å². The molecule has 8 heteroatoms. The summed E-state index contributed by atoms with van der Waals surface area (Å²) in [6.45, 7) is 3.11. The lowest BCUT2D eigenvalue weighted by atomic mass is 9.91. The van der Waals surface area contributed by atoms with Crippen LogP contribution in [0.15, 0.2) is 43.0 Å². The first-order chi connectivity index (χ1) is 14.6. The highest BCUT2D eigenvalue weighted by atomic mass is 16.2. The van der Waals surface area contributed by atoms with Gasteiger partial charge < -0.3 is 10.2 Å². The van der Waals surface area contributed by atoms with E-state index in [2.05, 4.69) is 25.3 Å². The number of fused-ring (bicyclic) bond motifs is 3. The minimum Gasteiger partial charge on any atom is -0.347 e. The predicted molar refractivity (Wildman–Crippen MR) is 110 cm³/mol. The predicted octanol–water partition coefficient (Wildman–Crippen LogP) is 2.01. The number of rotatable bonds is 3. The maximum atomic E-state index is 13.1. The molecule has 1 aliphatic heterocycles. The Morgan fingerprint density at radius 3 is 2.40 bits per heavy atom. The monoisotopic (exact) mass is 402 g/mol. The molecule has 2 bridgehead atoms. The number of hydrogen-bond acceptors (Lipinski definition) is 6. The van der Waals surface area contributed by atoms with Crippen LogP contribution in [-0.2, 0) is 0 Å². The van der Waals surface area contributed by atoms with E-state index in [0.717, 1.165) is 24.1 Å². The minimum absolute atomic E-state index is 0.00799. The van der Waals surface area contributed by atoms with Crippen molar-refractivity contribution in [2.45, 2.75) is 25.8 Å². The fraction of sp³-hybridized carbons (Fsp3) is 0.364. The lowest BCUT2D eigenvalue weighted by Crippen LogP contribution is -2.54. The van der Waals surface area contributed by atoms with Crippen LogP contribution < -0.4 is 5.32 Å². The summed E-state index contributed by atoms with van der Waals surface area (Å²) in [5, 5.41) is 3.14. The first-order valence-corrected chi connectivity index (χ1v) is 10.2. The van der Waals surface area contributed by atoms with Crippen LogP contribution in [-0.4, -0.2) is 55.8 Å². The van der Waals surface area contributed by atoms with Gasteiger partial charge in [0.2, 0.25) is 0 Å². The van der Waals surface area contributed by atoms with Crippen molar-refractivity contribution >= 4 is 22.8 Å². The molecule has 1 aromatic carbocycles. The van der Waals surface area contributed by atoms with Gasteiger partial charge in [-0.05, 0) is 49.8 Å². The van der Waals surface area contributed by atoms with Crippen molar-refractivity contribution in [2.75, 3.05) is 13.1 Å². The molecule has 8 nitrogen and oxygen atoms in total. The first kappa shape index (κ1) is 18.6. The summed E-state index contributed by atoms with van der Waals surface area (Å²) >= 11 is 0.